The molecule has 2 atom stereocenters. The molecule has 116 valence electrons. The average molecular weight is 287 g/mol. The third kappa shape index (κ3) is 3.23. The molecule has 2 unspecified atom stereocenters. The maximum absolute atomic E-state index is 4.93. The molecule has 0 radical (unpaired) electrons. The highest BCUT2D eigenvalue weighted by atomic mass is 15.2. The molecule has 1 saturated heterocycles. The first-order valence-corrected chi connectivity index (χ1v) is 8.73. The van der Waals surface area contributed by atoms with Crippen molar-refractivity contribution in [1.82, 2.24) is 10.3 Å². The van der Waals surface area contributed by atoms with Crippen molar-refractivity contribution in [2.75, 3.05) is 18.0 Å². The monoisotopic (exact) mass is 287 g/mol. The first-order chi connectivity index (χ1) is 10.3. The van der Waals surface area contributed by atoms with E-state index in [2.05, 4.69) is 36.2 Å². The second-order valence-electron chi connectivity index (χ2n) is 6.64. The number of aromatic nitrogens is 1. The van der Waals surface area contributed by atoms with Gasteiger partial charge in [-0.25, -0.2) is 4.98 Å². The largest absolute Gasteiger partial charge is 0.353 e. The Morgan fingerprint density at radius 1 is 1.19 bits per heavy atom. The first-order valence-electron chi connectivity index (χ1n) is 8.73. The summed E-state index contributed by atoms with van der Waals surface area (Å²) in [6, 6.07) is 5.27. The molecule has 0 amide bonds. The summed E-state index contributed by atoms with van der Waals surface area (Å²) in [5.41, 5.74) is 2.52. The van der Waals surface area contributed by atoms with Crippen molar-refractivity contribution in [3.05, 3.63) is 23.4 Å². The van der Waals surface area contributed by atoms with Crippen molar-refractivity contribution in [2.24, 2.45) is 5.92 Å². The third-order valence-electron chi connectivity index (χ3n) is 5.28. The summed E-state index contributed by atoms with van der Waals surface area (Å²) >= 11 is 0. The minimum atomic E-state index is 0.749. The SMILES string of the molecule is CCNCc1ccc(N2CCCC3CCCCC32)nc1C. The van der Waals surface area contributed by atoms with Crippen LogP contribution in [0.4, 0.5) is 5.82 Å². The Hall–Kier alpha value is -1.09. The van der Waals surface area contributed by atoms with Gasteiger partial charge in [0.05, 0.1) is 0 Å². The summed E-state index contributed by atoms with van der Waals surface area (Å²) in [6.45, 7) is 7.44. The lowest BCUT2D eigenvalue weighted by molar-refractivity contribution is 0.242. The van der Waals surface area contributed by atoms with Crippen molar-refractivity contribution in [3.63, 3.8) is 0 Å². The molecule has 1 aromatic heterocycles. The molecule has 0 spiro atoms. The Kier molecular flexibility index (Phi) is 4.79. The van der Waals surface area contributed by atoms with Crippen molar-refractivity contribution in [2.45, 2.75) is 65.0 Å². The Morgan fingerprint density at radius 2 is 2.00 bits per heavy atom. The number of anilines is 1. The molecule has 2 fully saturated rings. The molecule has 3 rings (SSSR count). The van der Waals surface area contributed by atoms with Crippen LogP contribution in [0.1, 0.15) is 56.7 Å². The van der Waals surface area contributed by atoms with Crippen LogP contribution in [0.3, 0.4) is 0 Å². The van der Waals surface area contributed by atoms with Crippen molar-refractivity contribution >= 4 is 5.82 Å². The predicted octanol–water partition coefficient (Wildman–Crippen LogP) is 3.66. The van der Waals surface area contributed by atoms with E-state index in [9.17, 15) is 0 Å². The van der Waals surface area contributed by atoms with E-state index in [0.29, 0.717) is 0 Å². The summed E-state index contributed by atoms with van der Waals surface area (Å²) in [6.07, 6.45) is 8.39. The summed E-state index contributed by atoms with van der Waals surface area (Å²) in [4.78, 5) is 7.54. The fourth-order valence-electron chi connectivity index (χ4n) is 4.09. The normalized spacial score (nSPS) is 25.7. The van der Waals surface area contributed by atoms with E-state index in [0.717, 1.165) is 25.0 Å². The minimum absolute atomic E-state index is 0.749. The lowest BCUT2D eigenvalue weighted by Crippen LogP contribution is -2.47. The number of pyridine rings is 1. The quantitative estimate of drug-likeness (QED) is 0.916. The van der Waals surface area contributed by atoms with E-state index in [1.807, 2.05) is 0 Å². The number of nitrogens with one attached hydrogen (secondary N) is 1. The van der Waals surface area contributed by atoms with Gasteiger partial charge in [0, 0.05) is 24.8 Å². The lowest BCUT2D eigenvalue weighted by atomic mass is 9.78. The van der Waals surface area contributed by atoms with Crippen LogP contribution in [0.15, 0.2) is 12.1 Å². The van der Waals surface area contributed by atoms with Gasteiger partial charge >= 0.3 is 0 Å². The molecule has 1 aromatic rings. The molecule has 0 aromatic carbocycles. The molecule has 1 saturated carbocycles. The van der Waals surface area contributed by atoms with Gasteiger partial charge in [0.25, 0.3) is 0 Å². The number of nitrogens with zero attached hydrogens (tertiary/aromatic N) is 2. The summed E-state index contributed by atoms with van der Waals surface area (Å²) < 4.78 is 0. The highest BCUT2D eigenvalue weighted by molar-refractivity contribution is 5.43. The predicted molar refractivity (Wildman–Crippen MR) is 88.7 cm³/mol. The molecule has 3 heteroatoms. The number of rotatable bonds is 4. The van der Waals surface area contributed by atoms with Gasteiger partial charge in [-0.1, -0.05) is 25.8 Å². The Bertz CT molecular complexity index is 470. The summed E-state index contributed by atoms with van der Waals surface area (Å²) in [5.74, 6) is 2.13. The molecule has 1 aliphatic carbocycles. The molecule has 2 heterocycles. The first kappa shape index (κ1) is 14.8. The zero-order chi connectivity index (χ0) is 14.7. The topological polar surface area (TPSA) is 28.2 Å². The van der Waals surface area contributed by atoms with Crippen LogP contribution in [-0.4, -0.2) is 24.1 Å². The average Bonchev–Trinajstić information content (AvgIpc) is 2.53. The molecule has 21 heavy (non-hydrogen) atoms. The van der Waals surface area contributed by atoms with E-state index < -0.39 is 0 Å². The van der Waals surface area contributed by atoms with Gasteiger partial charge in [0.1, 0.15) is 5.82 Å². The fraction of sp³-hybridized carbons (Fsp3) is 0.722. The molecular weight excluding hydrogens is 258 g/mol. The van der Waals surface area contributed by atoms with Gasteiger partial charge in [0.15, 0.2) is 0 Å². The Balaban J connectivity index is 1.77. The number of hydrogen-bond donors (Lipinski definition) is 1. The van der Waals surface area contributed by atoms with Gasteiger partial charge in [-0.2, -0.15) is 0 Å². The van der Waals surface area contributed by atoms with E-state index in [1.165, 1.54) is 62.1 Å². The van der Waals surface area contributed by atoms with Crippen LogP contribution in [0.2, 0.25) is 0 Å². The highest BCUT2D eigenvalue weighted by Crippen LogP contribution is 2.37. The number of piperidine rings is 1. The second kappa shape index (κ2) is 6.78. The van der Waals surface area contributed by atoms with Gasteiger partial charge in [-0.3, -0.25) is 0 Å². The number of hydrogen-bond acceptors (Lipinski definition) is 3. The smallest absolute Gasteiger partial charge is 0.129 e. The van der Waals surface area contributed by atoms with Gasteiger partial charge in [-0.05, 0) is 56.7 Å². The standard InChI is InChI=1S/C18H29N3/c1-3-19-13-16-10-11-18(20-14(16)2)21-12-6-8-15-7-4-5-9-17(15)21/h10-11,15,17,19H,3-9,12-13H2,1-2H3. The highest BCUT2D eigenvalue weighted by Gasteiger charge is 2.33. The van der Waals surface area contributed by atoms with Crippen molar-refractivity contribution < 1.29 is 0 Å². The van der Waals surface area contributed by atoms with Gasteiger partial charge in [0.2, 0.25) is 0 Å². The molecule has 2 aliphatic rings. The van der Waals surface area contributed by atoms with Crippen LogP contribution in [0.5, 0.6) is 0 Å². The maximum Gasteiger partial charge on any atom is 0.129 e. The summed E-state index contributed by atoms with van der Waals surface area (Å²) in [7, 11) is 0. The zero-order valence-corrected chi connectivity index (χ0v) is 13.6. The molecule has 1 aliphatic heterocycles. The molecular formula is C18H29N3. The number of aryl methyl sites for hydroxylation is 1. The van der Waals surface area contributed by atoms with Gasteiger partial charge < -0.3 is 10.2 Å². The van der Waals surface area contributed by atoms with Crippen LogP contribution >= 0.6 is 0 Å². The molecule has 3 nitrogen and oxygen atoms in total. The molecule has 1 N–H and O–H groups in total. The van der Waals surface area contributed by atoms with Gasteiger partial charge in [-0.15, -0.1) is 0 Å². The maximum atomic E-state index is 4.93. The molecule has 0 bridgehead atoms. The lowest BCUT2D eigenvalue weighted by Gasteiger charge is -2.45. The second-order valence-corrected chi connectivity index (χ2v) is 6.64. The third-order valence-corrected chi connectivity index (χ3v) is 5.28. The Morgan fingerprint density at radius 3 is 2.81 bits per heavy atom. The fourth-order valence-corrected chi connectivity index (χ4v) is 4.09. The van der Waals surface area contributed by atoms with Crippen LogP contribution in [0.25, 0.3) is 0 Å². The van der Waals surface area contributed by atoms with E-state index in [1.54, 1.807) is 0 Å². The van der Waals surface area contributed by atoms with Crippen LogP contribution in [0, 0.1) is 12.8 Å². The van der Waals surface area contributed by atoms with E-state index in [-0.39, 0.29) is 0 Å². The van der Waals surface area contributed by atoms with Crippen LogP contribution in [-0.2, 0) is 6.54 Å². The van der Waals surface area contributed by atoms with Crippen LogP contribution < -0.4 is 10.2 Å². The summed E-state index contributed by atoms with van der Waals surface area (Å²) in [5, 5.41) is 3.40. The van der Waals surface area contributed by atoms with Crippen molar-refractivity contribution in [3.8, 4) is 0 Å². The Labute approximate surface area is 129 Å². The number of fused-ring (bicyclic) bond motifs is 1. The van der Waals surface area contributed by atoms with E-state index in [4.69, 9.17) is 4.98 Å². The zero-order valence-electron chi connectivity index (χ0n) is 13.6. The minimum Gasteiger partial charge on any atom is -0.353 e. The van der Waals surface area contributed by atoms with Crippen molar-refractivity contribution in [1.29, 1.82) is 0 Å². The van der Waals surface area contributed by atoms with E-state index >= 15 is 0 Å².